The Bertz CT molecular complexity index is 4290. The minimum Gasteiger partial charge on any atom is -0.509 e. The zero-order valence-corrected chi connectivity index (χ0v) is 51.4. The molecule has 0 amide bonds. The van der Waals surface area contributed by atoms with Gasteiger partial charge in [0, 0.05) is 45.0 Å². The minimum absolute atomic E-state index is 0. The van der Waals surface area contributed by atoms with Crippen LogP contribution >= 0.6 is 0 Å². The molecule has 0 bridgehead atoms. The summed E-state index contributed by atoms with van der Waals surface area (Å²) in [7, 11) is 0. The average molecular weight is 1250 g/mol. The number of para-hydroxylation sites is 3. The SMILES string of the molecule is [2H]C([2H])([2H])c1cccc2c1c1ccc(Oc3[c-]c([N+]4=C=[N+](c5c(-c6ccccc6)cccc5-c5cc(C(C)(C)C)cc(C(C)(C)C)c5)c5ccccc54)ccc3)[c-]c1n2-c1cc(C(C)(C)C)c(-c2ccc3c(c2)C(C)(C)CCC3(C)C)cn1.[Pt+2]. The molecule has 0 fully saturated rings. The van der Waals surface area contributed by atoms with Gasteiger partial charge in [-0.3, -0.25) is 0 Å². The summed E-state index contributed by atoms with van der Waals surface area (Å²) in [6, 6.07) is 68.3. The normalized spacial score (nSPS) is 15.4. The van der Waals surface area contributed by atoms with Gasteiger partial charge in [0.15, 0.2) is 0 Å². The number of aryl methyl sites for hydroxylation is 1. The number of nitrogens with zero attached hydrogens (tertiary/aromatic N) is 4. The first-order valence-electron chi connectivity index (χ1n) is 29.8. The molecule has 0 radical (unpaired) electrons. The van der Waals surface area contributed by atoms with Crippen molar-refractivity contribution >= 4 is 50.6 Å². The molecule has 10 aromatic rings. The first kappa shape index (κ1) is 51.7. The Balaban J connectivity index is 0.00000736. The van der Waals surface area contributed by atoms with Crippen molar-refractivity contribution in [2.24, 2.45) is 0 Å². The van der Waals surface area contributed by atoms with Crippen LogP contribution in [0, 0.1) is 19.0 Å². The average Bonchev–Trinajstić information content (AvgIpc) is 1.68. The third kappa shape index (κ3) is 10.1. The second-order valence-electron chi connectivity index (χ2n) is 26.6. The molecule has 2 aromatic heterocycles. The topological polar surface area (TPSA) is 33.1 Å². The van der Waals surface area contributed by atoms with E-state index in [9.17, 15) is 0 Å². The summed E-state index contributed by atoms with van der Waals surface area (Å²) >= 11 is 0. The molecule has 0 atom stereocenters. The van der Waals surface area contributed by atoms with E-state index in [1.54, 1.807) is 6.07 Å². The molecule has 0 unspecified atom stereocenters. The van der Waals surface area contributed by atoms with Crippen LogP contribution in [-0.4, -0.2) is 15.6 Å². The van der Waals surface area contributed by atoms with Crippen molar-refractivity contribution in [3.05, 3.63) is 216 Å². The molecule has 0 saturated carbocycles. The fourth-order valence-corrected chi connectivity index (χ4v) is 12.1. The predicted octanol–water partition coefficient (Wildman–Crippen LogP) is 20.0. The van der Waals surface area contributed by atoms with Gasteiger partial charge in [0.1, 0.15) is 11.5 Å². The van der Waals surface area contributed by atoms with Crippen LogP contribution in [0.4, 0.5) is 22.7 Å². The van der Waals surface area contributed by atoms with Gasteiger partial charge in [-0.1, -0.05) is 215 Å². The van der Waals surface area contributed by atoms with Gasteiger partial charge in [-0.25, -0.2) is 4.98 Å². The van der Waals surface area contributed by atoms with E-state index in [2.05, 4.69) is 237 Å². The zero-order chi connectivity index (χ0) is 58.8. The Morgan fingerprint density at radius 1 is 0.568 bits per heavy atom. The summed E-state index contributed by atoms with van der Waals surface area (Å²) in [4.78, 5) is 5.27. The molecule has 12 rings (SSSR count). The van der Waals surface area contributed by atoms with Crippen molar-refractivity contribution in [2.75, 3.05) is 0 Å². The van der Waals surface area contributed by atoms with Gasteiger partial charge in [0.05, 0.1) is 11.1 Å². The monoisotopic (exact) mass is 1240 g/mol. The summed E-state index contributed by atoms with van der Waals surface area (Å²) in [5.74, 6) is 1.59. The first-order valence-corrected chi connectivity index (χ1v) is 28.3. The molecule has 8 aromatic carbocycles. The predicted molar refractivity (Wildman–Crippen MR) is 336 cm³/mol. The van der Waals surface area contributed by atoms with Crippen LogP contribution in [0.2, 0.25) is 0 Å². The Hall–Kier alpha value is -7.42. The number of ether oxygens (including phenoxy) is 1. The number of rotatable bonds is 8. The van der Waals surface area contributed by atoms with Gasteiger partial charge in [-0.05, 0) is 126 Å². The number of hydrogen-bond acceptors (Lipinski definition) is 2. The van der Waals surface area contributed by atoms with Gasteiger partial charge in [0.25, 0.3) is 11.4 Å². The standard InChI is InChI=1S/C75H74N4O.Pt/c1-48-23-20-32-66-69(48)59-35-34-56(44-67(59)79(66)68-45-62(73(8,9)10)60(46-76-68)50-33-36-61-63(41-50)75(13,14)38-37-74(61,11)12)80-55-27-21-26-54(43-55)77-47-78(65-31-19-18-30-64(65)77)70-57(49-24-16-15-17-25-49)28-22-29-58(70)51-39-52(71(2,3)4)42-53(40-51)72(5,6)7;/h15-36,39-42,45-46H,37-38H2,1-14H3;/q;+2/i1D3;. The molecule has 1 aliphatic heterocycles. The number of aromatic nitrogens is 2. The van der Waals surface area contributed by atoms with Gasteiger partial charge >= 0.3 is 27.1 Å². The van der Waals surface area contributed by atoms with E-state index in [-0.39, 0.29) is 53.7 Å². The first-order chi connectivity index (χ1) is 39.2. The fraction of sp³-hybridized carbons (Fsp3) is 0.280. The Labute approximate surface area is 499 Å². The van der Waals surface area contributed by atoms with Crippen LogP contribution in [-0.2, 0) is 48.1 Å². The minimum atomic E-state index is -2.37. The van der Waals surface area contributed by atoms with E-state index in [1.807, 2.05) is 48.7 Å². The Morgan fingerprint density at radius 2 is 1.20 bits per heavy atom. The maximum Gasteiger partial charge on any atom is 2.00 e. The maximum absolute atomic E-state index is 8.70. The largest absolute Gasteiger partial charge is 2.00 e. The molecule has 3 heterocycles. The third-order valence-corrected chi connectivity index (χ3v) is 16.9. The van der Waals surface area contributed by atoms with Gasteiger partial charge in [0.2, 0.25) is 5.69 Å². The van der Waals surface area contributed by atoms with Crippen molar-refractivity contribution < 1.29 is 29.9 Å². The smallest absolute Gasteiger partial charge is 0.509 e. The van der Waals surface area contributed by atoms with Crippen LogP contribution in [0.3, 0.4) is 0 Å². The number of benzene rings is 8. The Kier molecular flexibility index (Phi) is 12.9. The summed E-state index contributed by atoms with van der Waals surface area (Å²) in [6.45, 7) is 27.5. The third-order valence-electron chi connectivity index (χ3n) is 16.9. The molecule has 1 aliphatic carbocycles. The van der Waals surface area contributed by atoms with Crippen molar-refractivity contribution in [1.29, 1.82) is 0 Å². The molecule has 5 nitrogen and oxygen atoms in total. The van der Waals surface area contributed by atoms with Crippen molar-refractivity contribution in [1.82, 2.24) is 18.7 Å². The summed E-state index contributed by atoms with van der Waals surface area (Å²) < 4.78 is 39.2. The van der Waals surface area contributed by atoms with Crippen LogP contribution in [0.15, 0.2) is 170 Å². The van der Waals surface area contributed by atoms with E-state index in [4.69, 9.17) is 13.8 Å². The van der Waals surface area contributed by atoms with Crippen molar-refractivity contribution in [3.63, 3.8) is 0 Å². The van der Waals surface area contributed by atoms with E-state index in [1.165, 1.54) is 22.3 Å². The molecular weight excluding hydrogens is 1170 g/mol. The maximum atomic E-state index is 8.70. The molecule has 81 heavy (non-hydrogen) atoms. The number of pyridine rings is 1. The van der Waals surface area contributed by atoms with E-state index in [0.717, 1.165) is 85.4 Å². The molecule has 0 saturated heterocycles. The fourth-order valence-electron chi connectivity index (χ4n) is 12.1. The second-order valence-corrected chi connectivity index (χ2v) is 26.6. The van der Waals surface area contributed by atoms with Crippen LogP contribution < -0.4 is 13.9 Å². The number of hydrogen-bond donors (Lipinski definition) is 0. The molecule has 408 valence electrons. The van der Waals surface area contributed by atoms with E-state index < -0.39 is 6.85 Å². The number of fused-ring (bicyclic) bond motifs is 5. The van der Waals surface area contributed by atoms with Crippen LogP contribution in [0.1, 0.15) is 140 Å². The molecule has 0 spiro atoms. The quantitative estimate of drug-likeness (QED) is 0.112. The van der Waals surface area contributed by atoms with Gasteiger partial charge in [-0.15, -0.1) is 23.6 Å². The molecule has 2 aliphatic rings. The van der Waals surface area contributed by atoms with E-state index >= 15 is 0 Å². The van der Waals surface area contributed by atoms with Crippen molar-refractivity contribution in [2.45, 2.75) is 137 Å². The summed E-state index contributed by atoms with van der Waals surface area (Å²) in [5, 5.41) is 1.38. The Morgan fingerprint density at radius 3 is 1.88 bits per heavy atom. The molecule has 6 heteroatoms. The van der Waals surface area contributed by atoms with Crippen LogP contribution in [0.5, 0.6) is 11.5 Å². The second kappa shape index (κ2) is 20.2. The molecule has 0 N–H and O–H groups in total. The zero-order valence-electron chi connectivity index (χ0n) is 52.1. The van der Waals surface area contributed by atoms with Gasteiger partial charge < -0.3 is 9.30 Å². The summed E-state index contributed by atoms with van der Waals surface area (Å²) in [5.41, 5.74) is 18.3. The molecular formula is C75H74N4OPt+2. The van der Waals surface area contributed by atoms with Crippen LogP contribution in [0.25, 0.3) is 61.0 Å². The summed E-state index contributed by atoms with van der Waals surface area (Å²) in [6.07, 6.45) is 4.28. The van der Waals surface area contributed by atoms with Crippen molar-refractivity contribution in [3.8, 4) is 50.7 Å². The van der Waals surface area contributed by atoms with E-state index in [0.29, 0.717) is 28.2 Å². The van der Waals surface area contributed by atoms with Gasteiger partial charge in [-0.2, -0.15) is 12.1 Å².